The number of aromatic nitrogens is 1. The normalized spacial score (nSPS) is 11.9. The molecule has 2 aromatic rings. The molecule has 2 rings (SSSR count). The van der Waals surface area contributed by atoms with Gasteiger partial charge in [-0.1, -0.05) is 44.7 Å². The minimum absolute atomic E-state index is 0.880. The molecule has 0 spiro atoms. The third-order valence-corrected chi connectivity index (χ3v) is 5.01. The van der Waals surface area contributed by atoms with Crippen molar-refractivity contribution in [2.24, 2.45) is 4.99 Å². The summed E-state index contributed by atoms with van der Waals surface area (Å²) in [5.74, 6) is 0.880. The zero-order chi connectivity index (χ0) is 20.2. The van der Waals surface area contributed by atoms with Gasteiger partial charge in [-0.2, -0.15) is 0 Å². The Balaban J connectivity index is 2.20. The third kappa shape index (κ3) is 6.33. The summed E-state index contributed by atoms with van der Waals surface area (Å²) in [4.78, 5) is 4.66. The van der Waals surface area contributed by atoms with Gasteiger partial charge in [-0.15, -0.1) is 0 Å². The van der Waals surface area contributed by atoms with Crippen molar-refractivity contribution in [2.75, 3.05) is 13.7 Å². The lowest BCUT2D eigenvalue weighted by Gasteiger charge is -2.12. The number of benzene rings is 1. The van der Waals surface area contributed by atoms with Crippen molar-refractivity contribution in [1.82, 2.24) is 0 Å². The maximum atomic E-state index is 5.62. The summed E-state index contributed by atoms with van der Waals surface area (Å²) in [7, 11) is 1.73. The molecule has 0 saturated carbocycles. The summed E-state index contributed by atoms with van der Waals surface area (Å²) in [6.07, 6.45) is 14.6. The van der Waals surface area contributed by atoms with Gasteiger partial charge in [0.25, 0.3) is 0 Å². The van der Waals surface area contributed by atoms with Gasteiger partial charge in [-0.05, 0) is 43.5 Å². The van der Waals surface area contributed by atoms with E-state index in [-0.39, 0.29) is 0 Å². The second-order valence-electron chi connectivity index (χ2n) is 7.03. The van der Waals surface area contributed by atoms with Crippen molar-refractivity contribution in [1.29, 1.82) is 0 Å². The summed E-state index contributed by atoms with van der Waals surface area (Å²) < 4.78 is 7.79. The highest BCUT2D eigenvalue weighted by Gasteiger charge is 2.10. The standard InChI is InChI=1S/C25H35N2O/c1-5-8-9-10-11-16-26-20-23-13-12-22(19-24(23)25(6-2)28-4)21-14-17-27(7-3)18-15-21/h6,12-15,17-20H,5,7-11,16H2,1-4H3/q+1/b25-6+,26-20?. The molecule has 0 saturated heterocycles. The number of nitrogens with zero attached hydrogens (tertiary/aromatic N) is 2. The van der Waals surface area contributed by atoms with Crippen LogP contribution in [0.15, 0.2) is 53.8 Å². The number of aliphatic imine (C=N–C) groups is 1. The molecule has 28 heavy (non-hydrogen) atoms. The monoisotopic (exact) mass is 379 g/mol. The molecule has 1 aromatic heterocycles. The zero-order valence-corrected chi connectivity index (χ0v) is 17.9. The number of ether oxygens (including phenoxy) is 1. The van der Waals surface area contributed by atoms with E-state index in [0.717, 1.165) is 36.4 Å². The molecule has 0 unspecified atom stereocenters. The molecular formula is C25H35N2O+. The van der Waals surface area contributed by atoms with Crippen molar-refractivity contribution >= 4 is 12.0 Å². The number of methoxy groups -OCH3 is 1. The van der Waals surface area contributed by atoms with Crippen molar-refractivity contribution in [3.8, 4) is 11.1 Å². The van der Waals surface area contributed by atoms with Gasteiger partial charge in [0.2, 0.25) is 0 Å². The maximum absolute atomic E-state index is 5.62. The average Bonchev–Trinajstić information content (AvgIpc) is 2.74. The van der Waals surface area contributed by atoms with E-state index < -0.39 is 0 Å². The Labute approximate surface area is 170 Å². The van der Waals surface area contributed by atoms with Gasteiger partial charge in [0.1, 0.15) is 12.3 Å². The SMILES string of the molecule is C/C=C(/OC)c1cc(-c2cc[n+](CC)cc2)ccc1C=NCCCCCCC. The highest BCUT2D eigenvalue weighted by Crippen LogP contribution is 2.26. The van der Waals surface area contributed by atoms with Gasteiger partial charge in [0.15, 0.2) is 12.4 Å². The Bertz CT molecular complexity index is 776. The van der Waals surface area contributed by atoms with Crippen molar-refractivity contribution in [2.45, 2.75) is 59.4 Å². The van der Waals surface area contributed by atoms with Crippen LogP contribution < -0.4 is 4.57 Å². The predicted molar refractivity (Wildman–Crippen MR) is 120 cm³/mol. The molecule has 3 heteroatoms. The predicted octanol–water partition coefficient (Wildman–Crippen LogP) is 6.06. The Kier molecular flexibility index (Phi) is 9.47. The van der Waals surface area contributed by atoms with Crippen LogP contribution in [-0.4, -0.2) is 19.9 Å². The molecular weight excluding hydrogens is 344 g/mol. The van der Waals surface area contributed by atoms with E-state index in [9.17, 15) is 0 Å². The Morgan fingerprint density at radius 2 is 1.75 bits per heavy atom. The first kappa shape index (κ1) is 21.9. The number of aryl methyl sites for hydroxylation is 1. The van der Waals surface area contributed by atoms with Gasteiger partial charge >= 0.3 is 0 Å². The van der Waals surface area contributed by atoms with Gasteiger partial charge < -0.3 is 4.74 Å². The van der Waals surface area contributed by atoms with E-state index in [1.54, 1.807) is 7.11 Å². The van der Waals surface area contributed by atoms with Crippen LogP contribution in [0, 0.1) is 0 Å². The molecule has 0 radical (unpaired) electrons. The van der Waals surface area contributed by atoms with Gasteiger partial charge in [0, 0.05) is 36.0 Å². The van der Waals surface area contributed by atoms with E-state index in [2.05, 4.69) is 66.1 Å². The molecule has 0 aliphatic rings. The fraction of sp³-hybridized carbons (Fsp3) is 0.440. The smallest absolute Gasteiger partial charge is 0.169 e. The van der Waals surface area contributed by atoms with Gasteiger partial charge in [-0.25, -0.2) is 4.57 Å². The molecule has 1 aromatic carbocycles. The van der Waals surface area contributed by atoms with E-state index in [1.807, 2.05) is 19.2 Å². The highest BCUT2D eigenvalue weighted by atomic mass is 16.5. The number of hydrogen-bond acceptors (Lipinski definition) is 2. The molecule has 1 heterocycles. The average molecular weight is 380 g/mol. The van der Waals surface area contributed by atoms with Crippen LogP contribution in [0.4, 0.5) is 0 Å². The van der Waals surface area contributed by atoms with E-state index in [0.29, 0.717) is 0 Å². The number of rotatable bonds is 11. The minimum atomic E-state index is 0.880. The van der Waals surface area contributed by atoms with Crippen LogP contribution >= 0.6 is 0 Å². The Hall–Kier alpha value is -2.42. The number of pyridine rings is 1. The van der Waals surface area contributed by atoms with Crippen molar-refractivity contribution in [3.05, 3.63) is 59.9 Å². The largest absolute Gasteiger partial charge is 0.496 e. The fourth-order valence-corrected chi connectivity index (χ4v) is 3.28. The zero-order valence-electron chi connectivity index (χ0n) is 17.9. The van der Waals surface area contributed by atoms with Crippen LogP contribution in [0.2, 0.25) is 0 Å². The fourth-order valence-electron chi connectivity index (χ4n) is 3.28. The van der Waals surface area contributed by atoms with Crippen molar-refractivity contribution < 1.29 is 9.30 Å². The highest BCUT2D eigenvalue weighted by molar-refractivity contribution is 5.89. The summed E-state index contributed by atoms with van der Waals surface area (Å²) in [6.45, 7) is 8.26. The number of hydrogen-bond donors (Lipinski definition) is 0. The molecule has 0 amide bonds. The summed E-state index contributed by atoms with van der Waals surface area (Å²) in [5, 5.41) is 0. The Morgan fingerprint density at radius 1 is 1.00 bits per heavy atom. The lowest BCUT2D eigenvalue weighted by atomic mass is 9.98. The topological polar surface area (TPSA) is 25.5 Å². The number of allylic oxidation sites excluding steroid dienone is 1. The molecule has 0 bridgehead atoms. The first-order chi connectivity index (χ1) is 13.7. The van der Waals surface area contributed by atoms with Crippen LogP contribution in [0.25, 0.3) is 16.9 Å². The second kappa shape index (κ2) is 12.1. The molecule has 0 atom stereocenters. The van der Waals surface area contributed by atoms with E-state index in [1.165, 1.54) is 36.8 Å². The summed E-state index contributed by atoms with van der Waals surface area (Å²) in [5.41, 5.74) is 4.58. The summed E-state index contributed by atoms with van der Waals surface area (Å²) >= 11 is 0. The van der Waals surface area contributed by atoms with Crippen LogP contribution in [0.1, 0.15) is 64.0 Å². The number of unbranched alkanes of at least 4 members (excludes halogenated alkanes) is 4. The molecule has 150 valence electrons. The minimum Gasteiger partial charge on any atom is -0.496 e. The van der Waals surface area contributed by atoms with Crippen LogP contribution in [0.5, 0.6) is 0 Å². The third-order valence-electron chi connectivity index (χ3n) is 5.01. The quantitative estimate of drug-likeness (QED) is 0.202. The van der Waals surface area contributed by atoms with Gasteiger partial charge in [-0.3, -0.25) is 4.99 Å². The first-order valence-corrected chi connectivity index (χ1v) is 10.6. The van der Waals surface area contributed by atoms with E-state index >= 15 is 0 Å². The van der Waals surface area contributed by atoms with Crippen LogP contribution in [0.3, 0.4) is 0 Å². The van der Waals surface area contributed by atoms with Gasteiger partial charge in [0.05, 0.1) is 7.11 Å². The molecule has 0 fully saturated rings. The maximum Gasteiger partial charge on any atom is 0.169 e. The second-order valence-corrected chi connectivity index (χ2v) is 7.03. The summed E-state index contributed by atoms with van der Waals surface area (Å²) in [6, 6.07) is 10.8. The molecule has 0 aliphatic heterocycles. The van der Waals surface area contributed by atoms with E-state index in [4.69, 9.17) is 4.74 Å². The molecule has 3 nitrogen and oxygen atoms in total. The Morgan fingerprint density at radius 3 is 2.39 bits per heavy atom. The van der Waals surface area contributed by atoms with Crippen molar-refractivity contribution in [3.63, 3.8) is 0 Å². The lowest BCUT2D eigenvalue weighted by molar-refractivity contribution is -0.693. The molecule has 0 N–H and O–H groups in total. The molecule has 0 aliphatic carbocycles. The lowest BCUT2D eigenvalue weighted by Crippen LogP contribution is -2.30. The van der Waals surface area contributed by atoms with Crippen LogP contribution in [-0.2, 0) is 11.3 Å². The first-order valence-electron chi connectivity index (χ1n) is 10.6.